The molecule has 0 spiro atoms. The highest BCUT2D eigenvalue weighted by atomic mass is 19.1. The van der Waals surface area contributed by atoms with E-state index in [0.29, 0.717) is 23.7 Å². The summed E-state index contributed by atoms with van der Waals surface area (Å²) in [5, 5.41) is 0. The van der Waals surface area contributed by atoms with Crippen LogP contribution in [0.4, 0.5) is 15.8 Å². The van der Waals surface area contributed by atoms with Gasteiger partial charge in [-0.1, -0.05) is 12.1 Å². The number of amides is 1. The first-order valence-corrected chi connectivity index (χ1v) is 9.39. The number of halogens is 1. The monoisotopic (exact) mass is 386 g/mol. The van der Waals surface area contributed by atoms with Gasteiger partial charge in [-0.3, -0.25) is 9.69 Å². The fraction of sp³-hybridized carbons (Fsp3) is 0.381. The van der Waals surface area contributed by atoms with Gasteiger partial charge >= 0.3 is 0 Å². The Balaban J connectivity index is 1.57. The average molecular weight is 386 g/mol. The Morgan fingerprint density at radius 3 is 2.50 bits per heavy atom. The second kappa shape index (κ2) is 8.48. The zero-order valence-electron chi connectivity index (χ0n) is 16.3. The lowest BCUT2D eigenvalue weighted by molar-refractivity contribution is -0.139. The van der Waals surface area contributed by atoms with Gasteiger partial charge in [0.15, 0.2) is 6.61 Å². The Morgan fingerprint density at radius 2 is 1.82 bits per heavy atom. The molecule has 0 aromatic heterocycles. The number of nitrogens with two attached hydrogens (primary N) is 2. The average Bonchev–Trinajstić information content (AvgIpc) is 2.65. The summed E-state index contributed by atoms with van der Waals surface area (Å²) in [5.41, 5.74) is 13.6. The molecule has 1 saturated heterocycles. The number of piperazine rings is 1. The molecule has 1 aliphatic rings. The summed E-state index contributed by atoms with van der Waals surface area (Å²) < 4.78 is 18.7. The van der Waals surface area contributed by atoms with Crippen molar-refractivity contribution >= 4 is 17.3 Å². The van der Waals surface area contributed by atoms with E-state index in [1.165, 1.54) is 12.1 Å². The number of benzene rings is 2. The Morgan fingerprint density at radius 1 is 1.11 bits per heavy atom. The van der Waals surface area contributed by atoms with Crippen molar-refractivity contribution in [1.82, 2.24) is 9.80 Å². The summed E-state index contributed by atoms with van der Waals surface area (Å²) in [4.78, 5) is 16.8. The predicted molar refractivity (Wildman–Crippen MR) is 108 cm³/mol. The molecule has 6 nitrogen and oxygen atoms in total. The normalized spacial score (nSPS) is 20.2. The lowest BCUT2D eigenvalue weighted by Crippen LogP contribution is -2.58. The molecular weight excluding hydrogens is 359 g/mol. The highest BCUT2D eigenvalue weighted by Gasteiger charge is 2.32. The lowest BCUT2D eigenvalue weighted by Gasteiger charge is -2.44. The van der Waals surface area contributed by atoms with Crippen LogP contribution in [-0.2, 0) is 11.3 Å². The number of nitrogen functional groups attached to an aromatic ring is 2. The SMILES string of the molecule is CC1CN(C(=O)COc2ccc(N)cc2N)C(C)CN1Cc1ccc(F)cc1. The molecule has 150 valence electrons. The first kappa shape index (κ1) is 19.9. The second-order valence-corrected chi connectivity index (χ2v) is 7.39. The molecule has 1 heterocycles. The largest absolute Gasteiger partial charge is 0.482 e. The number of carbonyl (C=O) groups excluding carboxylic acids is 1. The van der Waals surface area contributed by atoms with E-state index in [0.717, 1.165) is 18.7 Å². The van der Waals surface area contributed by atoms with Gasteiger partial charge in [-0.25, -0.2) is 4.39 Å². The van der Waals surface area contributed by atoms with E-state index in [-0.39, 0.29) is 30.4 Å². The van der Waals surface area contributed by atoms with Crippen LogP contribution in [0.3, 0.4) is 0 Å². The fourth-order valence-corrected chi connectivity index (χ4v) is 3.51. The predicted octanol–water partition coefficient (Wildman–Crippen LogP) is 2.49. The molecule has 7 heteroatoms. The number of carbonyl (C=O) groups is 1. The van der Waals surface area contributed by atoms with Gasteiger partial charge in [0.2, 0.25) is 0 Å². The minimum atomic E-state index is -0.234. The Hall–Kier alpha value is -2.80. The third kappa shape index (κ3) is 4.72. The van der Waals surface area contributed by atoms with Crippen LogP contribution in [0, 0.1) is 5.82 Å². The van der Waals surface area contributed by atoms with Gasteiger partial charge in [0, 0.05) is 37.4 Å². The third-order valence-corrected chi connectivity index (χ3v) is 5.12. The van der Waals surface area contributed by atoms with Crippen molar-refractivity contribution in [3.8, 4) is 5.75 Å². The van der Waals surface area contributed by atoms with Crippen molar-refractivity contribution in [1.29, 1.82) is 0 Å². The van der Waals surface area contributed by atoms with E-state index in [1.54, 1.807) is 30.3 Å². The molecule has 3 rings (SSSR count). The first-order valence-electron chi connectivity index (χ1n) is 9.39. The van der Waals surface area contributed by atoms with Crippen molar-refractivity contribution in [2.45, 2.75) is 32.5 Å². The van der Waals surface area contributed by atoms with Crippen LogP contribution in [0.1, 0.15) is 19.4 Å². The molecule has 2 aromatic carbocycles. The number of anilines is 2. The maximum absolute atomic E-state index is 13.1. The quantitative estimate of drug-likeness (QED) is 0.772. The highest BCUT2D eigenvalue weighted by Crippen LogP contribution is 2.24. The zero-order chi connectivity index (χ0) is 20.3. The molecule has 0 aliphatic carbocycles. The summed E-state index contributed by atoms with van der Waals surface area (Å²) in [7, 11) is 0. The van der Waals surface area contributed by atoms with Gasteiger partial charge in [0.25, 0.3) is 5.91 Å². The maximum Gasteiger partial charge on any atom is 0.260 e. The minimum absolute atomic E-state index is 0.0523. The van der Waals surface area contributed by atoms with Crippen LogP contribution in [0.15, 0.2) is 42.5 Å². The molecule has 2 atom stereocenters. The molecule has 4 N–H and O–H groups in total. The molecule has 1 amide bonds. The zero-order valence-corrected chi connectivity index (χ0v) is 16.3. The number of rotatable bonds is 5. The summed E-state index contributed by atoms with van der Waals surface area (Å²) in [6, 6.07) is 11.8. The van der Waals surface area contributed by atoms with Gasteiger partial charge < -0.3 is 21.1 Å². The Bertz CT molecular complexity index is 828. The van der Waals surface area contributed by atoms with E-state index in [9.17, 15) is 9.18 Å². The van der Waals surface area contributed by atoms with E-state index >= 15 is 0 Å². The van der Waals surface area contributed by atoms with Gasteiger partial charge in [-0.15, -0.1) is 0 Å². The fourth-order valence-electron chi connectivity index (χ4n) is 3.51. The van der Waals surface area contributed by atoms with Gasteiger partial charge in [0.05, 0.1) is 5.69 Å². The standard InChI is InChI=1S/C21H27FN4O2/c1-14-11-26(21(27)13-28-20-8-7-18(23)9-19(20)24)15(2)10-25(14)12-16-3-5-17(22)6-4-16/h3-9,14-15H,10-13,23-24H2,1-2H3. The first-order chi connectivity index (χ1) is 13.3. The van der Waals surface area contributed by atoms with Crippen LogP contribution in [0.5, 0.6) is 5.75 Å². The van der Waals surface area contributed by atoms with E-state index < -0.39 is 0 Å². The van der Waals surface area contributed by atoms with Crippen LogP contribution < -0.4 is 16.2 Å². The number of hydrogen-bond acceptors (Lipinski definition) is 5. The third-order valence-electron chi connectivity index (χ3n) is 5.12. The molecule has 2 unspecified atom stereocenters. The molecule has 0 radical (unpaired) electrons. The molecule has 28 heavy (non-hydrogen) atoms. The summed E-state index contributed by atoms with van der Waals surface area (Å²) in [5.74, 6) is 0.150. The van der Waals surface area contributed by atoms with E-state index in [4.69, 9.17) is 16.2 Å². The molecule has 0 bridgehead atoms. The molecule has 0 saturated carbocycles. The number of nitrogens with zero attached hydrogens (tertiary/aromatic N) is 2. The van der Waals surface area contributed by atoms with E-state index in [2.05, 4.69) is 11.8 Å². The molecular formula is C21H27FN4O2. The van der Waals surface area contributed by atoms with Crippen molar-refractivity contribution in [2.24, 2.45) is 0 Å². The number of ether oxygens (including phenoxy) is 1. The van der Waals surface area contributed by atoms with Gasteiger partial charge in [0.1, 0.15) is 11.6 Å². The van der Waals surface area contributed by atoms with Crippen LogP contribution in [-0.4, -0.2) is 47.5 Å². The summed E-state index contributed by atoms with van der Waals surface area (Å²) in [6.07, 6.45) is 0. The van der Waals surface area contributed by atoms with Crippen molar-refractivity contribution in [3.63, 3.8) is 0 Å². The summed E-state index contributed by atoms with van der Waals surface area (Å²) in [6.45, 7) is 6.14. The smallest absolute Gasteiger partial charge is 0.260 e. The van der Waals surface area contributed by atoms with Gasteiger partial charge in [-0.05, 0) is 49.7 Å². The molecule has 1 aliphatic heterocycles. The lowest BCUT2D eigenvalue weighted by atomic mass is 10.1. The van der Waals surface area contributed by atoms with Crippen LogP contribution in [0.25, 0.3) is 0 Å². The summed E-state index contributed by atoms with van der Waals surface area (Å²) >= 11 is 0. The highest BCUT2D eigenvalue weighted by molar-refractivity contribution is 5.78. The van der Waals surface area contributed by atoms with Crippen molar-refractivity contribution < 1.29 is 13.9 Å². The van der Waals surface area contributed by atoms with Crippen LogP contribution >= 0.6 is 0 Å². The Labute approximate surface area is 164 Å². The van der Waals surface area contributed by atoms with Crippen LogP contribution in [0.2, 0.25) is 0 Å². The molecule has 2 aromatic rings. The number of hydrogen-bond donors (Lipinski definition) is 2. The van der Waals surface area contributed by atoms with Crippen molar-refractivity contribution in [2.75, 3.05) is 31.2 Å². The van der Waals surface area contributed by atoms with E-state index in [1.807, 2.05) is 11.8 Å². The topological polar surface area (TPSA) is 84.8 Å². The minimum Gasteiger partial charge on any atom is -0.482 e. The maximum atomic E-state index is 13.1. The van der Waals surface area contributed by atoms with Gasteiger partial charge in [-0.2, -0.15) is 0 Å². The molecule has 1 fully saturated rings. The second-order valence-electron chi connectivity index (χ2n) is 7.39. The Kier molecular flexibility index (Phi) is 6.04. The van der Waals surface area contributed by atoms with Crippen molar-refractivity contribution in [3.05, 3.63) is 53.8 Å².